The van der Waals surface area contributed by atoms with Gasteiger partial charge in [0.2, 0.25) is 5.91 Å². The molecule has 1 atom stereocenters. The Morgan fingerprint density at radius 2 is 1.89 bits per heavy atom. The molecule has 7 nitrogen and oxygen atoms in total. The van der Waals surface area contributed by atoms with Crippen LogP contribution in [0.5, 0.6) is 0 Å². The number of benzene rings is 1. The molecule has 194 valence electrons. The predicted octanol–water partition coefficient (Wildman–Crippen LogP) is 3.78. The summed E-state index contributed by atoms with van der Waals surface area (Å²) in [7, 11) is 0. The minimum absolute atomic E-state index is 0.128. The number of aliphatic hydroxyl groups is 1. The summed E-state index contributed by atoms with van der Waals surface area (Å²) in [5, 5.41) is 16.7. The fraction of sp³-hybridized carbons (Fsp3) is 0.667. The molecule has 1 saturated carbocycles. The van der Waals surface area contributed by atoms with Crippen LogP contribution in [0.2, 0.25) is 0 Å². The lowest BCUT2D eigenvalue weighted by Gasteiger charge is -2.36. The van der Waals surface area contributed by atoms with E-state index in [4.69, 9.17) is 9.63 Å². The highest BCUT2D eigenvalue weighted by atomic mass is 19.4. The van der Waals surface area contributed by atoms with Crippen molar-refractivity contribution in [3.05, 3.63) is 23.5 Å². The van der Waals surface area contributed by atoms with Crippen LogP contribution in [0.15, 0.2) is 16.7 Å². The zero-order valence-corrected chi connectivity index (χ0v) is 19.8. The molecule has 0 spiro atoms. The second-order valence-corrected chi connectivity index (χ2v) is 9.77. The van der Waals surface area contributed by atoms with Gasteiger partial charge in [-0.1, -0.05) is 5.16 Å². The highest BCUT2D eigenvalue weighted by Crippen LogP contribution is 2.30. The van der Waals surface area contributed by atoms with E-state index in [2.05, 4.69) is 20.3 Å². The van der Waals surface area contributed by atoms with E-state index in [1.54, 1.807) is 13.0 Å². The Bertz CT molecular complexity index is 1010. The maximum Gasteiger partial charge on any atom is 0.414 e. The maximum absolute atomic E-state index is 13.8. The first kappa shape index (κ1) is 25.7. The lowest BCUT2D eigenvalue weighted by Crippen LogP contribution is -2.47. The molecule has 0 radical (unpaired) electrons. The van der Waals surface area contributed by atoms with Gasteiger partial charge in [-0.25, -0.2) is 4.39 Å². The van der Waals surface area contributed by atoms with Gasteiger partial charge in [0.05, 0.1) is 11.8 Å². The monoisotopic (exact) mass is 500 g/mol. The average molecular weight is 501 g/mol. The fourth-order valence-corrected chi connectivity index (χ4v) is 5.01. The molecule has 1 aromatic heterocycles. The van der Waals surface area contributed by atoms with E-state index in [1.165, 1.54) is 6.07 Å². The predicted molar refractivity (Wildman–Crippen MR) is 123 cm³/mol. The smallest absolute Gasteiger partial charge is 0.383 e. The van der Waals surface area contributed by atoms with Crippen molar-refractivity contribution < 1.29 is 32.0 Å². The zero-order chi connectivity index (χ0) is 25.2. The van der Waals surface area contributed by atoms with Crippen LogP contribution < -0.4 is 10.2 Å². The van der Waals surface area contributed by atoms with E-state index in [0.29, 0.717) is 17.1 Å². The molecule has 1 aliphatic carbocycles. The third-order valence-corrected chi connectivity index (χ3v) is 7.23. The number of alkyl halides is 3. The summed E-state index contributed by atoms with van der Waals surface area (Å²) in [6, 6.07) is 3.03. The van der Waals surface area contributed by atoms with Crippen molar-refractivity contribution >= 4 is 22.7 Å². The molecule has 4 rings (SSSR count). The number of aliphatic hydroxyl groups excluding tert-OH is 1. The van der Waals surface area contributed by atoms with Crippen LogP contribution in [0.1, 0.15) is 44.1 Å². The molecule has 1 aromatic carbocycles. The molecule has 2 heterocycles. The van der Waals surface area contributed by atoms with Gasteiger partial charge in [0.1, 0.15) is 5.82 Å². The number of rotatable bonds is 7. The van der Waals surface area contributed by atoms with Gasteiger partial charge in [-0.15, -0.1) is 0 Å². The Hall–Kier alpha value is -2.40. The molecular formula is C24H32F4N4O3. The molecule has 1 saturated heterocycles. The SMILES string of the molecule is Cc1cc2c(N3CCN(CCC4CCC(NC(=O)CC(O)C(F)(F)F)CC4)CC3)noc2cc1F. The molecule has 2 aliphatic rings. The van der Waals surface area contributed by atoms with Crippen LogP contribution in [-0.4, -0.2) is 72.1 Å². The first-order valence-electron chi connectivity index (χ1n) is 12.2. The van der Waals surface area contributed by atoms with E-state index in [9.17, 15) is 22.4 Å². The van der Waals surface area contributed by atoms with Crippen LogP contribution in [-0.2, 0) is 4.79 Å². The summed E-state index contributed by atoms with van der Waals surface area (Å²) in [6.45, 7) is 6.09. The molecule has 11 heteroatoms. The number of anilines is 1. The van der Waals surface area contributed by atoms with Crippen molar-refractivity contribution in [2.45, 2.75) is 63.8 Å². The van der Waals surface area contributed by atoms with Crippen molar-refractivity contribution in [2.24, 2.45) is 5.92 Å². The van der Waals surface area contributed by atoms with Crippen LogP contribution in [0.3, 0.4) is 0 Å². The van der Waals surface area contributed by atoms with Crippen molar-refractivity contribution in [3.8, 4) is 0 Å². The summed E-state index contributed by atoms with van der Waals surface area (Å²) in [6.07, 6.45) is -3.97. The van der Waals surface area contributed by atoms with Gasteiger partial charge >= 0.3 is 6.18 Å². The molecule has 0 bridgehead atoms. The summed E-state index contributed by atoms with van der Waals surface area (Å²) in [4.78, 5) is 16.4. The first-order chi connectivity index (χ1) is 16.6. The third kappa shape index (κ3) is 6.43. The standard InChI is InChI=1S/C24H32F4N4O3/c1-15-12-18-20(13-19(15)25)35-30-23(18)32-10-8-31(9-11-32)7-6-16-2-4-17(5-3-16)29-22(34)14-21(33)24(26,27)28/h12-13,16-17,21,33H,2-11,14H2,1H3,(H,29,34). The van der Waals surface area contributed by atoms with E-state index in [-0.39, 0.29) is 11.9 Å². The van der Waals surface area contributed by atoms with Gasteiger partial charge in [-0.2, -0.15) is 13.2 Å². The highest BCUT2D eigenvalue weighted by molar-refractivity contribution is 5.89. The van der Waals surface area contributed by atoms with Gasteiger partial charge in [-0.3, -0.25) is 9.69 Å². The highest BCUT2D eigenvalue weighted by Gasteiger charge is 2.39. The van der Waals surface area contributed by atoms with Crippen molar-refractivity contribution in [1.82, 2.24) is 15.4 Å². The number of amides is 1. The Morgan fingerprint density at radius 1 is 1.20 bits per heavy atom. The van der Waals surface area contributed by atoms with Crippen LogP contribution in [0.4, 0.5) is 23.4 Å². The largest absolute Gasteiger partial charge is 0.414 e. The topological polar surface area (TPSA) is 81.8 Å². The number of halogens is 4. The summed E-state index contributed by atoms with van der Waals surface area (Å²) >= 11 is 0. The third-order valence-electron chi connectivity index (χ3n) is 7.23. The van der Waals surface area contributed by atoms with E-state index in [1.807, 2.05) is 0 Å². The number of hydrogen-bond donors (Lipinski definition) is 2. The number of hydrogen-bond acceptors (Lipinski definition) is 6. The van der Waals surface area contributed by atoms with Crippen LogP contribution in [0.25, 0.3) is 11.0 Å². The van der Waals surface area contributed by atoms with Gasteiger partial charge in [0.15, 0.2) is 17.5 Å². The number of aromatic nitrogens is 1. The van der Waals surface area contributed by atoms with E-state index < -0.39 is 24.6 Å². The second kappa shape index (κ2) is 10.7. The molecule has 1 unspecified atom stereocenters. The Morgan fingerprint density at radius 3 is 2.54 bits per heavy atom. The fourth-order valence-electron chi connectivity index (χ4n) is 5.01. The summed E-state index contributed by atoms with van der Waals surface area (Å²) < 4.78 is 56.3. The Balaban J connectivity index is 1.16. The number of nitrogens with zero attached hydrogens (tertiary/aromatic N) is 3. The Labute approximate surface area is 201 Å². The first-order valence-corrected chi connectivity index (χ1v) is 12.2. The second-order valence-electron chi connectivity index (χ2n) is 9.77. The van der Waals surface area contributed by atoms with Crippen molar-refractivity contribution in [1.29, 1.82) is 0 Å². The average Bonchev–Trinajstić information content (AvgIpc) is 3.21. The minimum Gasteiger partial charge on any atom is -0.383 e. The van der Waals surface area contributed by atoms with Gasteiger partial charge in [0, 0.05) is 38.3 Å². The number of carbonyl (C=O) groups excluding carboxylic acids is 1. The van der Waals surface area contributed by atoms with Crippen molar-refractivity contribution in [3.63, 3.8) is 0 Å². The quantitative estimate of drug-likeness (QED) is 0.564. The normalized spacial score (nSPS) is 23.0. The van der Waals surface area contributed by atoms with E-state index in [0.717, 1.165) is 76.0 Å². The number of fused-ring (bicyclic) bond motifs is 1. The van der Waals surface area contributed by atoms with Gasteiger partial charge in [-0.05, 0) is 63.1 Å². The molecule has 2 N–H and O–H groups in total. The van der Waals surface area contributed by atoms with Crippen LogP contribution >= 0.6 is 0 Å². The zero-order valence-electron chi connectivity index (χ0n) is 19.8. The van der Waals surface area contributed by atoms with Crippen LogP contribution in [0, 0.1) is 18.7 Å². The molecule has 2 aromatic rings. The molecule has 1 amide bonds. The lowest BCUT2D eigenvalue weighted by molar-refractivity contribution is -0.206. The number of nitrogens with one attached hydrogen (secondary N) is 1. The Kier molecular flexibility index (Phi) is 7.85. The molecule has 2 fully saturated rings. The number of carbonyl (C=O) groups is 1. The van der Waals surface area contributed by atoms with Gasteiger partial charge in [0.25, 0.3) is 0 Å². The number of piperazine rings is 1. The molecule has 35 heavy (non-hydrogen) atoms. The maximum atomic E-state index is 13.8. The van der Waals surface area contributed by atoms with E-state index >= 15 is 0 Å². The summed E-state index contributed by atoms with van der Waals surface area (Å²) in [5.74, 6) is 0.225. The molecular weight excluding hydrogens is 468 g/mol. The lowest BCUT2D eigenvalue weighted by atomic mass is 9.84. The van der Waals surface area contributed by atoms with Crippen molar-refractivity contribution in [2.75, 3.05) is 37.6 Å². The minimum atomic E-state index is -4.78. The summed E-state index contributed by atoms with van der Waals surface area (Å²) in [5.41, 5.74) is 1.02. The number of aryl methyl sites for hydroxylation is 1. The molecule has 1 aliphatic heterocycles. The van der Waals surface area contributed by atoms with Gasteiger partial charge < -0.3 is 19.8 Å².